The summed E-state index contributed by atoms with van der Waals surface area (Å²) in [4.78, 5) is 0. The Morgan fingerprint density at radius 2 is 1.80 bits per heavy atom. The van der Waals surface area contributed by atoms with Gasteiger partial charge >= 0.3 is 0 Å². The molecule has 0 aliphatic heterocycles. The topological polar surface area (TPSA) is 30.7 Å². The fourth-order valence-corrected chi connectivity index (χ4v) is 2.15. The van der Waals surface area contributed by atoms with Crippen molar-refractivity contribution in [3.05, 3.63) is 11.6 Å². The molecule has 0 atom stereocenters. The summed E-state index contributed by atoms with van der Waals surface area (Å²) in [5.74, 6) is 2.19. The molecule has 0 aromatic carbocycles. The lowest BCUT2D eigenvalue weighted by atomic mass is 10.1. The maximum absolute atomic E-state index is 4.24. The number of alkyl halides is 1. The van der Waals surface area contributed by atoms with Gasteiger partial charge in [0.2, 0.25) is 0 Å². The molecule has 1 rings (SSSR count). The molecule has 0 amide bonds. The highest BCUT2D eigenvalue weighted by atomic mass is 79.9. The van der Waals surface area contributed by atoms with Crippen molar-refractivity contribution in [2.45, 2.75) is 57.8 Å². The van der Waals surface area contributed by atoms with Crippen molar-refractivity contribution in [2.75, 3.05) is 0 Å². The number of aromatic nitrogens is 3. The molecular formula is C11H20BrN3. The number of rotatable bonds is 7. The largest absolute Gasteiger partial charge is 0.315 e. The summed E-state index contributed by atoms with van der Waals surface area (Å²) in [7, 11) is 0. The lowest BCUT2D eigenvalue weighted by Gasteiger charge is -2.05. The van der Waals surface area contributed by atoms with Gasteiger partial charge in [-0.1, -0.05) is 42.1 Å². The van der Waals surface area contributed by atoms with E-state index < -0.39 is 0 Å². The fourth-order valence-electron chi connectivity index (χ4n) is 1.73. The van der Waals surface area contributed by atoms with Gasteiger partial charge in [-0.3, -0.25) is 0 Å². The molecule has 0 saturated carbocycles. The molecule has 0 unspecified atom stereocenters. The summed E-state index contributed by atoms with van der Waals surface area (Å²) < 4.78 is 2.21. The van der Waals surface area contributed by atoms with Crippen LogP contribution in [0, 0.1) is 0 Å². The van der Waals surface area contributed by atoms with Crippen LogP contribution in [0.25, 0.3) is 0 Å². The first-order chi connectivity index (χ1) is 7.33. The quantitative estimate of drug-likeness (QED) is 0.564. The minimum Gasteiger partial charge on any atom is -0.315 e. The van der Waals surface area contributed by atoms with Crippen LogP contribution in [0.1, 0.15) is 51.2 Å². The highest BCUT2D eigenvalue weighted by Crippen LogP contribution is 2.10. The van der Waals surface area contributed by atoms with Gasteiger partial charge in [-0.25, -0.2) is 0 Å². The predicted molar refractivity (Wildman–Crippen MR) is 66.2 cm³/mol. The Hall–Kier alpha value is -0.380. The lowest BCUT2D eigenvalue weighted by molar-refractivity contribution is 0.614. The van der Waals surface area contributed by atoms with Gasteiger partial charge in [0, 0.05) is 13.0 Å². The summed E-state index contributed by atoms with van der Waals surface area (Å²) in [6.45, 7) is 5.35. The van der Waals surface area contributed by atoms with Crippen LogP contribution in [0.2, 0.25) is 0 Å². The van der Waals surface area contributed by atoms with Gasteiger partial charge in [-0.2, -0.15) is 0 Å². The standard InChI is InChI=1S/C11H20BrN3/c1-3-5-6-7-8-10-13-14-11(9-12)15(10)4-2/h3-9H2,1-2H3. The third kappa shape index (κ3) is 3.59. The Morgan fingerprint density at radius 1 is 1.07 bits per heavy atom. The maximum Gasteiger partial charge on any atom is 0.143 e. The van der Waals surface area contributed by atoms with E-state index in [1.807, 2.05) is 0 Å². The van der Waals surface area contributed by atoms with Crippen LogP contribution in [0.4, 0.5) is 0 Å². The van der Waals surface area contributed by atoms with Crippen molar-refractivity contribution >= 4 is 15.9 Å². The van der Waals surface area contributed by atoms with Gasteiger partial charge in [0.15, 0.2) is 0 Å². The van der Waals surface area contributed by atoms with E-state index >= 15 is 0 Å². The zero-order valence-corrected chi connectivity index (χ0v) is 11.3. The van der Waals surface area contributed by atoms with Crippen LogP contribution in [0.3, 0.4) is 0 Å². The van der Waals surface area contributed by atoms with Gasteiger partial charge in [-0.15, -0.1) is 10.2 Å². The van der Waals surface area contributed by atoms with Crippen LogP contribution in [-0.2, 0) is 18.3 Å². The second kappa shape index (κ2) is 6.99. The normalized spacial score (nSPS) is 10.9. The molecule has 0 aliphatic carbocycles. The van der Waals surface area contributed by atoms with Crippen molar-refractivity contribution in [1.82, 2.24) is 14.8 Å². The van der Waals surface area contributed by atoms with Gasteiger partial charge in [0.25, 0.3) is 0 Å². The predicted octanol–water partition coefficient (Wildman–Crippen LogP) is 3.32. The summed E-state index contributed by atoms with van der Waals surface area (Å²) in [6, 6.07) is 0. The number of hydrogen-bond donors (Lipinski definition) is 0. The molecule has 4 heteroatoms. The molecule has 15 heavy (non-hydrogen) atoms. The number of nitrogens with zero attached hydrogens (tertiary/aromatic N) is 3. The molecule has 0 N–H and O–H groups in total. The van der Waals surface area contributed by atoms with E-state index in [-0.39, 0.29) is 0 Å². The Bertz CT molecular complexity index is 283. The smallest absolute Gasteiger partial charge is 0.143 e. The highest BCUT2D eigenvalue weighted by molar-refractivity contribution is 9.08. The number of unbranched alkanes of at least 4 members (excludes halogenated alkanes) is 3. The van der Waals surface area contributed by atoms with Crippen LogP contribution < -0.4 is 0 Å². The average molecular weight is 274 g/mol. The SMILES string of the molecule is CCCCCCc1nnc(CBr)n1CC. The minimum atomic E-state index is 0.794. The van der Waals surface area contributed by atoms with Gasteiger partial charge in [0.05, 0.1) is 5.33 Å². The first kappa shape index (κ1) is 12.7. The fraction of sp³-hybridized carbons (Fsp3) is 0.818. The van der Waals surface area contributed by atoms with Gasteiger partial charge in [-0.05, 0) is 13.3 Å². The van der Waals surface area contributed by atoms with Crippen LogP contribution in [0.15, 0.2) is 0 Å². The van der Waals surface area contributed by atoms with Crippen molar-refractivity contribution in [3.63, 3.8) is 0 Å². The molecule has 1 heterocycles. The van der Waals surface area contributed by atoms with Gasteiger partial charge in [0.1, 0.15) is 11.6 Å². The number of aryl methyl sites for hydroxylation is 1. The summed E-state index contributed by atoms with van der Waals surface area (Å²) in [5.41, 5.74) is 0. The first-order valence-electron chi connectivity index (χ1n) is 5.80. The van der Waals surface area contributed by atoms with E-state index in [0.717, 1.165) is 29.9 Å². The van der Waals surface area contributed by atoms with Crippen LogP contribution in [-0.4, -0.2) is 14.8 Å². The maximum atomic E-state index is 4.24. The average Bonchev–Trinajstić information content (AvgIpc) is 2.66. The summed E-state index contributed by atoms with van der Waals surface area (Å²) in [5, 5.41) is 9.20. The van der Waals surface area contributed by atoms with Crippen LogP contribution >= 0.6 is 15.9 Å². The third-order valence-electron chi connectivity index (χ3n) is 2.59. The van der Waals surface area contributed by atoms with E-state index in [1.54, 1.807) is 0 Å². The Morgan fingerprint density at radius 3 is 2.40 bits per heavy atom. The second-order valence-corrected chi connectivity index (χ2v) is 4.28. The van der Waals surface area contributed by atoms with Crippen molar-refractivity contribution in [2.24, 2.45) is 0 Å². The van der Waals surface area contributed by atoms with Crippen molar-refractivity contribution < 1.29 is 0 Å². The van der Waals surface area contributed by atoms with Crippen molar-refractivity contribution in [3.8, 4) is 0 Å². The zero-order chi connectivity index (χ0) is 11.1. The zero-order valence-electron chi connectivity index (χ0n) is 9.67. The molecule has 0 fully saturated rings. The molecule has 1 aromatic rings. The highest BCUT2D eigenvalue weighted by Gasteiger charge is 2.08. The minimum absolute atomic E-state index is 0.794. The Balaban J connectivity index is 2.49. The Kier molecular flexibility index (Phi) is 5.91. The van der Waals surface area contributed by atoms with Gasteiger partial charge < -0.3 is 4.57 Å². The molecule has 0 bridgehead atoms. The molecule has 3 nitrogen and oxygen atoms in total. The molecule has 86 valence electrons. The molecule has 0 radical (unpaired) electrons. The third-order valence-corrected chi connectivity index (χ3v) is 3.10. The number of hydrogen-bond acceptors (Lipinski definition) is 2. The van der Waals surface area contributed by atoms with E-state index in [2.05, 4.69) is 44.5 Å². The Labute approximate surface area is 100 Å². The van der Waals surface area contributed by atoms with Crippen LogP contribution in [0.5, 0.6) is 0 Å². The molecule has 1 aromatic heterocycles. The molecular weight excluding hydrogens is 254 g/mol. The molecule has 0 aliphatic rings. The van der Waals surface area contributed by atoms with E-state index in [4.69, 9.17) is 0 Å². The van der Waals surface area contributed by atoms with E-state index in [9.17, 15) is 0 Å². The van der Waals surface area contributed by atoms with E-state index in [1.165, 1.54) is 25.7 Å². The second-order valence-electron chi connectivity index (χ2n) is 3.72. The molecule has 0 spiro atoms. The number of halogens is 1. The summed E-state index contributed by atoms with van der Waals surface area (Å²) in [6.07, 6.45) is 6.21. The lowest BCUT2D eigenvalue weighted by Crippen LogP contribution is -2.05. The van der Waals surface area contributed by atoms with E-state index in [0.29, 0.717) is 0 Å². The first-order valence-corrected chi connectivity index (χ1v) is 6.92. The monoisotopic (exact) mass is 273 g/mol. The summed E-state index contributed by atoms with van der Waals surface area (Å²) >= 11 is 3.43. The van der Waals surface area contributed by atoms with Crippen molar-refractivity contribution in [1.29, 1.82) is 0 Å². The molecule has 0 saturated heterocycles.